The lowest BCUT2D eigenvalue weighted by Gasteiger charge is -2.34. The summed E-state index contributed by atoms with van der Waals surface area (Å²) in [6.45, 7) is 10.1. The topological polar surface area (TPSA) is 153 Å². The van der Waals surface area contributed by atoms with Gasteiger partial charge in [-0.2, -0.15) is 0 Å². The van der Waals surface area contributed by atoms with Gasteiger partial charge >= 0.3 is 6.09 Å². The number of primary amides is 1. The standard InChI is InChI=1S/C28H36N6O5/c1-27(2,3)39-26(36)34-12-6-7-18(14-34)32-25-23-22(30-16-31-25)20(24(29)35)13-21(33-23)17-8-10-19(11-9-17)38-15-28(4,5)37/h8-11,13,16,18,37H,6-7,12,14-15H2,1-5H3,(H2,29,35)(H,30,31,32)/t18-/m0/s1. The second-order valence-corrected chi connectivity index (χ2v) is 11.4. The predicted molar refractivity (Wildman–Crippen MR) is 148 cm³/mol. The van der Waals surface area contributed by atoms with Crippen LogP contribution < -0.4 is 15.8 Å². The van der Waals surface area contributed by atoms with Crippen molar-refractivity contribution in [1.29, 1.82) is 0 Å². The van der Waals surface area contributed by atoms with Gasteiger partial charge in [-0.15, -0.1) is 0 Å². The first-order valence-corrected chi connectivity index (χ1v) is 12.9. The van der Waals surface area contributed by atoms with E-state index in [0.29, 0.717) is 41.4 Å². The second-order valence-electron chi connectivity index (χ2n) is 11.4. The number of likely N-dealkylation sites (tertiary alicyclic amines) is 1. The Hall–Kier alpha value is -3.99. The molecule has 1 aromatic carbocycles. The van der Waals surface area contributed by atoms with E-state index < -0.39 is 17.1 Å². The van der Waals surface area contributed by atoms with Crippen molar-refractivity contribution < 1.29 is 24.2 Å². The smallest absolute Gasteiger partial charge is 0.410 e. The summed E-state index contributed by atoms with van der Waals surface area (Å²) >= 11 is 0. The Morgan fingerprint density at radius 3 is 2.49 bits per heavy atom. The van der Waals surface area contributed by atoms with Crippen LogP contribution in [0.25, 0.3) is 22.3 Å². The molecular weight excluding hydrogens is 500 g/mol. The van der Waals surface area contributed by atoms with Gasteiger partial charge in [-0.25, -0.2) is 19.7 Å². The number of hydrogen-bond donors (Lipinski definition) is 3. The molecule has 3 aromatic rings. The third kappa shape index (κ3) is 7.32. The summed E-state index contributed by atoms with van der Waals surface area (Å²) in [6, 6.07) is 8.68. The fourth-order valence-electron chi connectivity index (χ4n) is 4.24. The number of nitrogens with two attached hydrogens (primary N) is 1. The van der Waals surface area contributed by atoms with Crippen molar-refractivity contribution in [3.8, 4) is 17.0 Å². The predicted octanol–water partition coefficient (Wildman–Crippen LogP) is 3.75. The van der Waals surface area contributed by atoms with E-state index >= 15 is 0 Å². The van der Waals surface area contributed by atoms with Crippen molar-refractivity contribution >= 4 is 28.9 Å². The number of anilines is 1. The second kappa shape index (κ2) is 11.0. The number of benzene rings is 1. The molecule has 11 heteroatoms. The quantitative estimate of drug-likeness (QED) is 0.410. The minimum atomic E-state index is -0.958. The summed E-state index contributed by atoms with van der Waals surface area (Å²) in [4.78, 5) is 40.2. The Morgan fingerprint density at radius 1 is 1.13 bits per heavy atom. The lowest BCUT2D eigenvalue weighted by Crippen LogP contribution is -2.47. The SMILES string of the molecule is CC(C)(O)COc1ccc(-c2cc(C(N)=O)c3ncnc(N[C@H]4CCCN(C(=O)OC(C)(C)C)C4)c3n2)cc1. The fraction of sp³-hybridized carbons (Fsp3) is 0.464. The first-order chi connectivity index (χ1) is 18.3. The van der Waals surface area contributed by atoms with Crippen LogP contribution in [0.5, 0.6) is 5.75 Å². The van der Waals surface area contributed by atoms with Crippen molar-refractivity contribution in [3.63, 3.8) is 0 Å². The first kappa shape index (κ1) is 28.0. The minimum Gasteiger partial charge on any atom is -0.491 e. The number of hydrogen-bond acceptors (Lipinski definition) is 9. The van der Waals surface area contributed by atoms with Crippen molar-refractivity contribution in [1.82, 2.24) is 19.9 Å². The zero-order chi connectivity index (χ0) is 28.4. The number of piperidine rings is 1. The molecule has 0 unspecified atom stereocenters. The molecule has 4 rings (SSSR count). The molecule has 39 heavy (non-hydrogen) atoms. The minimum absolute atomic E-state index is 0.0981. The number of ether oxygens (including phenoxy) is 2. The van der Waals surface area contributed by atoms with E-state index in [4.69, 9.17) is 20.2 Å². The molecule has 1 atom stereocenters. The van der Waals surface area contributed by atoms with E-state index in [2.05, 4.69) is 15.3 Å². The van der Waals surface area contributed by atoms with Crippen molar-refractivity contribution in [2.75, 3.05) is 25.0 Å². The molecule has 1 aliphatic rings. The van der Waals surface area contributed by atoms with Gasteiger partial charge in [0, 0.05) is 24.7 Å². The number of amides is 2. The molecular formula is C28H36N6O5. The van der Waals surface area contributed by atoms with Crippen LogP contribution in [0, 0.1) is 0 Å². The number of pyridine rings is 1. The van der Waals surface area contributed by atoms with Crippen molar-refractivity contribution in [2.45, 2.75) is 64.7 Å². The molecule has 1 saturated heterocycles. The Kier molecular flexibility index (Phi) is 7.91. The molecule has 4 N–H and O–H groups in total. The number of aromatic nitrogens is 3. The number of nitrogens with one attached hydrogen (secondary N) is 1. The van der Waals surface area contributed by atoms with E-state index in [-0.39, 0.29) is 24.3 Å². The van der Waals surface area contributed by atoms with Gasteiger partial charge in [-0.05, 0) is 77.8 Å². The number of rotatable bonds is 7. The number of carbonyl (C=O) groups is 2. The maximum absolute atomic E-state index is 12.6. The van der Waals surface area contributed by atoms with Gasteiger partial charge in [-0.3, -0.25) is 4.79 Å². The number of nitrogens with zero attached hydrogens (tertiary/aromatic N) is 4. The highest BCUT2D eigenvalue weighted by molar-refractivity contribution is 6.06. The van der Waals surface area contributed by atoms with Gasteiger partial charge in [0.1, 0.15) is 35.3 Å². The molecule has 0 aliphatic carbocycles. The zero-order valence-corrected chi connectivity index (χ0v) is 23.0. The van der Waals surface area contributed by atoms with Gasteiger partial charge in [0.2, 0.25) is 0 Å². The van der Waals surface area contributed by atoms with E-state index in [9.17, 15) is 14.7 Å². The summed E-state index contributed by atoms with van der Waals surface area (Å²) in [7, 11) is 0. The Labute approximate surface area is 227 Å². The lowest BCUT2D eigenvalue weighted by molar-refractivity contribution is 0.0206. The van der Waals surface area contributed by atoms with E-state index in [1.165, 1.54) is 6.33 Å². The molecule has 1 aliphatic heterocycles. The van der Waals surface area contributed by atoms with E-state index in [1.54, 1.807) is 36.9 Å². The summed E-state index contributed by atoms with van der Waals surface area (Å²) in [5.74, 6) is 0.409. The van der Waals surface area contributed by atoms with Crippen LogP contribution in [0.1, 0.15) is 57.8 Å². The summed E-state index contributed by atoms with van der Waals surface area (Å²) in [5.41, 5.74) is 6.40. The summed E-state index contributed by atoms with van der Waals surface area (Å²) < 4.78 is 11.2. The molecule has 0 radical (unpaired) electrons. The monoisotopic (exact) mass is 536 g/mol. The zero-order valence-electron chi connectivity index (χ0n) is 23.0. The van der Waals surface area contributed by atoms with Crippen LogP contribution in [-0.2, 0) is 4.74 Å². The number of fused-ring (bicyclic) bond motifs is 1. The van der Waals surface area contributed by atoms with Crippen LogP contribution in [0.2, 0.25) is 0 Å². The first-order valence-electron chi connectivity index (χ1n) is 12.9. The van der Waals surface area contributed by atoms with Crippen molar-refractivity contribution in [2.24, 2.45) is 5.73 Å². The molecule has 2 aromatic heterocycles. The fourth-order valence-corrected chi connectivity index (χ4v) is 4.24. The molecule has 3 heterocycles. The van der Waals surface area contributed by atoms with Gasteiger partial charge in [0.25, 0.3) is 5.91 Å². The third-order valence-electron chi connectivity index (χ3n) is 6.01. The average Bonchev–Trinajstić information content (AvgIpc) is 2.86. The van der Waals surface area contributed by atoms with Crippen LogP contribution >= 0.6 is 0 Å². The Balaban J connectivity index is 1.62. The molecule has 0 saturated carbocycles. The van der Waals surface area contributed by atoms with E-state index in [1.807, 2.05) is 32.9 Å². The summed E-state index contributed by atoms with van der Waals surface area (Å²) in [5, 5.41) is 13.3. The van der Waals surface area contributed by atoms with Crippen LogP contribution in [0.4, 0.5) is 10.6 Å². The highest BCUT2D eigenvalue weighted by Gasteiger charge is 2.28. The summed E-state index contributed by atoms with van der Waals surface area (Å²) in [6.07, 6.45) is 2.63. The Morgan fingerprint density at radius 2 is 1.85 bits per heavy atom. The van der Waals surface area contributed by atoms with Crippen LogP contribution in [0.15, 0.2) is 36.7 Å². The third-order valence-corrected chi connectivity index (χ3v) is 6.01. The van der Waals surface area contributed by atoms with Crippen LogP contribution in [0.3, 0.4) is 0 Å². The largest absolute Gasteiger partial charge is 0.491 e. The van der Waals surface area contributed by atoms with Crippen LogP contribution in [-0.4, -0.2) is 73.9 Å². The molecule has 0 bridgehead atoms. The van der Waals surface area contributed by atoms with Gasteiger partial charge in [0.15, 0.2) is 5.82 Å². The molecule has 0 spiro atoms. The maximum atomic E-state index is 12.6. The lowest BCUT2D eigenvalue weighted by atomic mass is 10.0. The molecule has 11 nitrogen and oxygen atoms in total. The number of carbonyl (C=O) groups excluding carboxylic acids is 2. The average molecular weight is 537 g/mol. The van der Waals surface area contributed by atoms with E-state index in [0.717, 1.165) is 18.4 Å². The Bertz CT molecular complexity index is 1350. The molecule has 2 amide bonds. The molecule has 208 valence electrons. The highest BCUT2D eigenvalue weighted by atomic mass is 16.6. The highest BCUT2D eigenvalue weighted by Crippen LogP contribution is 2.29. The maximum Gasteiger partial charge on any atom is 0.410 e. The molecule has 1 fully saturated rings. The van der Waals surface area contributed by atoms with Gasteiger partial charge in [-0.1, -0.05) is 0 Å². The normalized spacial score (nSPS) is 16.2. The van der Waals surface area contributed by atoms with Gasteiger partial charge < -0.3 is 30.5 Å². The van der Waals surface area contributed by atoms with Gasteiger partial charge in [0.05, 0.1) is 16.9 Å². The van der Waals surface area contributed by atoms with Crippen molar-refractivity contribution in [3.05, 3.63) is 42.2 Å². The number of aliphatic hydroxyl groups is 1.